The van der Waals surface area contributed by atoms with Crippen LogP contribution in [0.25, 0.3) is 0 Å². The minimum absolute atomic E-state index is 1.17. The molecule has 1 N–H and O–H groups in total. The zero-order chi connectivity index (χ0) is 13.9. The van der Waals surface area contributed by atoms with Gasteiger partial charge in [0.1, 0.15) is 0 Å². The van der Waals surface area contributed by atoms with Gasteiger partial charge in [-0.25, -0.2) is 0 Å². The molecule has 0 bridgehead atoms. The van der Waals surface area contributed by atoms with Crippen LogP contribution in [0.2, 0.25) is 0 Å². The van der Waals surface area contributed by atoms with Crippen molar-refractivity contribution in [2.75, 3.05) is 73.0 Å². The Kier molecular flexibility index (Phi) is 9.43. The standard InChI is InChI=1S/C15H34N4/c1-4-7-16-8-5-6-9-18-12-14-19(15-13-18)11-10-17(2)3/h16H,4-15H2,1-3H3. The predicted molar refractivity (Wildman–Crippen MR) is 83.8 cm³/mol. The van der Waals surface area contributed by atoms with Crippen molar-refractivity contribution in [3.8, 4) is 0 Å². The molecule has 1 rings (SSSR count). The lowest BCUT2D eigenvalue weighted by molar-refractivity contribution is 0.124. The van der Waals surface area contributed by atoms with E-state index in [1.807, 2.05) is 0 Å². The van der Waals surface area contributed by atoms with Crippen molar-refractivity contribution in [1.82, 2.24) is 20.0 Å². The summed E-state index contributed by atoms with van der Waals surface area (Å²) in [5, 5.41) is 3.48. The van der Waals surface area contributed by atoms with Crippen LogP contribution in [0.5, 0.6) is 0 Å². The third kappa shape index (κ3) is 8.58. The summed E-state index contributed by atoms with van der Waals surface area (Å²) in [6.07, 6.45) is 3.91. The summed E-state index contributed by atoms with van der Waals surface area (Å²) in [4.78, 5) is 7.50. The van der Waals surface area contributed by atoms with E-state index in [1.54, 1.807) is 0 Å². The lowest BCUT2D eigenvalue weighted by atomic mass is 10.2. The third-order valence-electron chi connectivity index (χ3n) is 3.83. The molecule has 0 unspecified atom stereocenters. The van der Waals surface area contributed by atoms with Gasteiger partial charge in [0.05, 0.1) is 0 Å². The minimum Gasteiger partial charge on any atom is -0.317 e. The Morgan fingerprint density at radius 2 is 1.53 bits per heavy atom. The Labute approximate surface area is 120 Å². The second-order valence-corrected chi connectivity index (χ2v) is 5.94. The van der Waals surface area contributed by atoms with Crippen LogP contribution < -0.4 is 5.32 Å². The molecular weight excluding hydrogens is 236 g/mol. The topological polar surface area (TPSA) is 21.8 Å². The largest absolute Gasteiger partial charge is 0.317 e. The summed E-state index contributed by atoms with van der Waals surface area (Å²) >= 11 is 0. The molecule has 4 heteroatoms. The highest BCUT2D eigenvalue weighted by molar-refractivity contribution is 4.72. The summed E-state index contributed by atoms with van der Waals surface area (Å²) in [5.41, 5.74) is 0. The maximum absolute atomic E-state index is 3.48. The molecule has 1 saturated heterocycles. The fourth-order valence-electron chi connectivity index (χ4n) is 2.47. The van der Waals surface area contributed by atoms with Crippen molar-refractivity contribution in [2.24, 2.45) is 0 Å². The number of nitrogens with zero attached hydrogens (tertiary/aromatic N) is 3. The van der Waals surface area contributed by atoms with Gasteiger partial charge in [0.15, 0.2) is 0 Å². The first kappa shape index (κ1) is 16.9. The van der Waals surface area contributed by atoms with Crippen molar-refractivity contribution in [3.63, 3.8) is 0 Å². The normalized spacial score (nSPS) is 18.3. The first-order valence-corrected chi connectivity index (χ1v) is 8.02. The summed E-state index contributed by atoms with van der Waals surface area (Å²) in [5.74, 6) is 0. The lowest BCUT2D eigenvalue weighted by Gasteiger charge is -2.35. The molecule has 0 aromatic carbocycles. The number of rotatable bonds is 10. The predicted octanol–water partition coefficient (Wildman–Crippen LogP) is 0.945. The van der Waals surface area contributed by atoms with Crippen LogP contribution in [0.15, 0.2) is 0 Å². The molecule has 0 amide bonds. The van der Waals surface area contributed by atoms with Crippen LogP contribution >= 0.6 is 0 Å². The van der Waals surface area contributed by atoms with Crippen molar-refractivity contribution >= 4 is 0 Å². The van der Waals surface area contributed by atoms with Gasteiger partial charge >= 0.3 is 0 Å². The molecule has 0 radical (unpaired) electrons. The Balaban J connectivity index is 1.94. The first-order valence-electron chi connectivity index (χ1n) is 8.02. The van der Waals surface area contributed by atoms with E-state index in [4.69, 9.17) is 0 Å². The molecule has 0 atom stereocenters. The van der Waals surface area contributed by atoms with Gasteiger partial charge in [0, 0.05) is 39.3 Å². The maximum atomic E-state index is 3.48. The molecule has 0 saturated carbocycles. The van der Waals surface area contributed by atoms with E-state index in [0.29, 0.717) is 0 Å². The van der Waals surface area contributed by atoms with Crippen molar-refractivity contribution < 1.29 is 0 Å². The van der Waals surface area contributed by atoms with Gasteiger partial charge in [-0.05, 0) is 53.0 Å². The van der Waals surface area contributed by atoms with Gasteiger partial charge in [-0.15, -0.1) is 0 Å². The zero-order valence-corrected chi connectivity index (χ0v) is 13.3. The number of likely N-dealkylation sites (N-methyl/N-ethyl adjacent to an activating group) is 1. The highest BCUT2D eigenvalue weighted by Crippen LogP contribution is 2.03. The fourth-order valence-corrected chi connectivity index (χ4v) is 2.47. The number of nitrogens with one attached hydrogen (secondary N) is 1. The fraction of sp³-hybridized carbons (Fsp3) is 1.00. The number of piperazine rings is 1. The highest BCUT2D eigenvalue weighted by Gasteiger charge is 2.15. The van der Waals surface area contributed by atoms with Crippen LogP contribution in [0.1, 0.15) is 26.2 Å². The lowest BCUT2D eigenvalue weighted by Crippen LogP contribution is -2.48. The Bertz CT molecular complexity index is 200. The van der Waals surface area contributed by atoms with Gasteiger partial charge in [0.25, 0.3) is 0 Å². The van der Waals surface area contributed by atoms with Gasteiger partial charge in [-0.2, -0.15) is 0 Å². The monoisotopic (exact) mass is 270 g/mol. The summed E-state index contributed by atoms with van der Waals surface area (Å²) in [7, 11) is 4.31. The van der Waals surface area contributed by atoms with Crippen LogP contribution in [-0.2, 0) is 0 Å². The SMILES string of the molecule is CCCNCCCCN1CCN(CCN(C)C)CC1. The average molecular weight is 270 g/mol. The quantitative estimate of drug-likeness (QED) is 0.597. The molecule has 0 aromatic rings. The van der Waals surface area contributed by atoms with E-state index in [9.17, 15) is 0 Å². The number of unbranched alkanes of at least 4 members (excludes halogenated alkanes) is 1. The second kappa shape index (κ2) is 10.6. The summed E-state index contributed by atoms with van der Waals surface area (Å²) in [6, 6.07) is 0. The molecule has 19 heavy (non-hydrogen) atoms. The average Bonchev–Trinajstić information content (AvgIpc) is 2.41. The Morgan fingerprint density at radius 3 is 2.11 bits per heavy atom. The Morgan fingerprint density at radius 1 is 0.895 bits per heavy atom. The van der Waals surface area contributed by atoms with E-state index < -0.39 is 0 Å². The number of hydrogen-bond donors (Lipinski definition) is 1. The molecule has 1 aliphatic heterocycles. The van der Waals surface area contributed by atoms with Crippen molar-refractivity contribution in [1.29, 1.82) is 0 Å². The summed E-state index contributed by atoms with van der Waals surface area (Å²) in [6.45, 7) is 13.3. The van der Waals surface area contributed by atoms with E-state index >= 15 is 0 Å². The highest BCUT2D eigenvalue weighted by atomic mass is 15.3. The van der Waals surface area contributed by atoms with E-state index in [2.05, 4.69) is 41.0 Å². The van der Waals surface area contributed by atoms with Crippen molar-refractivity contribution in [2.45, 2.75) is 26.2 Å². The smallest absolute Gasteiger partial charge is 0.0110 e. The van der Waals surface area contributed by atoms with Crippen LogP contribution in [0.4, 0.5) is 0 Å². The molecule has 4 nitrogen and oxygen atoms in total. The van der Waals surface area contributed by atoms with Crippen LogP contribution in [-0.4, -0.2) is 87.7 Å². The van der Waals surface area contributed by atoms with Crippen molar-refractivity contribution in [3.05, 3.63) is 0 Å². The van der Waals surface area contributed by atoms with Gasteiger partial charge in [-0.3, -0.25) is 4.90 Å². The first-order chi connectivity index (χ1) is 9.22. The van der Waals surface area contributed by atoms with Crippen LogP contribution in [0.3, 0.4) is 0 Å². The molecule has 1 fully saturated rings. The molecular formula is C15H34N4. The number of hydrogen-bond acceptors (Lipinski definition) is 4. The van der Waals surface area contributed by atoms with E-state index in [0.717, 1.165) is 0 Å². The summed E-state index contributed by atoms with van der Waals surface area (Å²) < 4.78 is 0. The van der Waals surface area contributed by atoms with Gasteiger partial charge in [0.2, 0.25) is 0 Å². The molecule has 0 aliphatic carbocycles. The maximum Gasteiger partial charge on any atom is 0.0110 e. The molecule has 0 aromatic heterocycles. The minimum atomic E-state index is 1.17. The zero-order valence-electron chi connectivity index (χ0n) is 13.3. The van der Waals surface area contributed by atoms with Crippen LogP contribution in [0, 0.1) is 0 Å². The van der Waals surface area contributed by atoms with E-state index in [-0.39, 0.29) is 0 Å². The van der Waals surface area contributed by atoms with Gasteiger partial charge < -0.3 is 15.1 Å². The molecule has 114 valence electrons. The molecule has 1 aliphatic rings. The molecule has 1 heterocycles. The Hall–Kier alpha value is -0.160. The third-order valence-corrected chi connectivity index (χ3v) is 3.83. The van der Waals surface area contributed by atoms with Gasteiger partial charge in [-0.1, -0.05) is 6.92 Å². The van der Waals surface area contributed by atoms with E-state index in [1.165, 1.54) is 78.2 Å². The second-order valence-electron chi connectivity index (χ2n) is 5.94. The molecule has 0 spiro atoms.